The van der Waals surface area contributed by atoms with Crippen molar-refractivity contribution < 1.29 is 23.5 Å². The normalized spacial score (nSPS) is 14.3. The maximum atomic E-state index is 9.84. The van der Waals surface area contributed by atoms with E-state index >= 15 is 0 Å². The largest absolute Gasteiger partial charge is 0.426 e. The first-order chi connectivity index (χ1) is 9.82. The van der Waals surface area contributed by atoms with E-state index in [9.17, 15) is 4.89 Å². The first kappa shape index (κ1) is 19.8. The highest BCUT2D eigenvalue weighted by Gasteiger charge is 2.30. The van der Waals surface area contributed by atoms with E-state index in [1.807, 2.05) is 19.1 Å². The van der Waals surface area contributed by atoms with Gasteiger partial charge >= 0.3 is 17.2 Å². The van der Waals surface area contributed by atoms with Gasteiger partial charge in [-0.3, -0.25) is 0 Å². The van der Waals surface area contributed by atoms with Crippen molar-refractivity contribution in [2.45, 2.75) is 59.3 Å². The van der Waals surface area contributed by atoms with Crippen molar-refractivity contribution in [3.05, 3.63) is 28.8 Å². The molecule has 0 aromatic heterocycles. The number of benzene rings is 1. The van der Waals surface area contributed by atoms with Crippen LogP contribution >= 0.6 is 17.2 Å². The van der Waals surface area contributed by atoms with Gasteiger partial charge in [0.15, 0.2) is 0 Å². The lowest BCUT2D eigenvalue weighted by Crippen LogP contribution is -2.19. The molecule has 0 saturated carbocycles. The third-order valence-corrected chi connectivity index (χ3v) is 4.64. The molecule has 22 heavy (non-hydrogen) atoms. The molecule has 1 aromatic carbocycles. The summed E-state index contributed by atoms with van der Waals surface area (Å²) in [7, 11) is -5.07. The minimum Gasteiger partial charge on any atom is -0.426 e. The van der Waals surface area contributed by atoms with Gasteiger partial charge < -0.3 is 19.2 Å². The maximum Gasteiger partial charge on any atom is 0.401 e. The van der Waals surface area contributed by atoms with Gasteiger partial charge in [0.25, 0.3) is 0 Å². The molecule has 3 N–H and O–H groups in total. The van der Waals surface area contributed by atoms with Crippen LogP contribution in [0.1, 0.15) is 58.2 Å². The summed E-state index contributed by atoms with van der Waals surface area (Å²) in [4.78, 5) is 27.6. The quantitative estimate of drug-likeness (QED) is 0.702. The summed E-state index contributed by atoms with van der Waals surface area (Å²) in [6, 6.07) is 4.04. The smallest absolute Gasteiger partial charge is 0.401 e. The Bertz CT molecular complexity index is 483. The first-order valence-corrected chi connectivity index (χ1v) is 9.30. The van der Waals surface area contributed by atoms with Gasteiger partial charge in [-0.1, -0.05) is 59.2 Å². The number of hydrogen-bond donors (Lipinski definition) is 3. The van der Waals surface area contributed by atoms with E-state index in [-0.39, 0.29) is 10.8 Å². The molecule has 0 radical (unpaired) electrons. The molecule has 5 nitrogen and oxygen atoms in total. The van der Waals surface area contributed by atoms with Crippen LogP contribution in [0.2, 0.25) is 0 Å². The molecule has 0 bridgehead atoms. The molecular formula is C15H26O5P2. The van der Waals surface area contributed by atoms with Crippen LogP contribution in [0.4, 0.5) is 0 Å². The summed E-state index contributed by atoms with van der Waals surface area (Å²) >= 11 is 0. The maximum absolute atomic E-state index is 9.84. The van der Waals surface area contributed by atoms with Crippen molar-refractivity contribution >= 4 is 17.2 Å². The first-order valence-electron chi connectivity index (χ1n) is 7.01. The predicted molar refractivity (Wildman–Crippen MR) is 90.8 cm³/mol. The lowest BCUT2D eigenvalue weighted by atomic mass is 9.78. The highest BCUT2D eigenvalue weighted by Crippen LogP contribution is 2.50. The van der Waals surface area contributed by atoms with Crippen molar-refractivity contribution in [2.24, 2.45) is 0 Å². The Morgan fingerprint density at radius 3 is 1.59 bits per heavy atom. The molecular weight excluding hydrogens is 322 g/mol. The van der Waals surface area contributed by atoms with Crippen molar-refractivity contribution in [1.82, 2.24) is 0 Å². The summed E-state index contributed by atoms with van der Waals surface area (Å²) in [5, 5.41) is 0. The molecule has 126 valence electrons. The van der Waals surface area contributed by atoms with Gasteiger partial charge in [0, 0.05) is 11.1 Å². The number of hydrogen-bond acceptors (Lipinski definition) is 5. The summed E-state index contributed by atoms with van der Waals surface area (Å²) in [5.41, 5.74) is 2.61. The number of aryl methyl sites for hydroxylation is 1. The molecule has 0 aliphatic carbocycles. The third-order valence-electron chi connectivity index (χ3n) is 3.16. The van der Waals surface area contributed by atoms with Crippen LogP contribution in [0.25, 0.3) is 0 Å². The van der Waals surface area contributed by atoms with Gasteiger partial charge in [-0.05, 0) is 17.8 Å². The van der Waals surface area contributed by atoms with Crippen LogP contribution in [0, 0.1) is 6.92 Å². The van der Waals surface area contributed by atoms with Crippen LogP contribution in [0.15, 0.2) is 12.1 Å². The van der Waals surface area contributed by atoms with Gasteiger partial charge in [0.2, 0.25) is 0 Å². The van der Waals surface area contributed by atoms with E-state index in [4.69, 9.17) is 14.3 Å². The molecule has 0 amide bonds. The molecule has 1 unspecified atom stereocenters. The van der Waals surface area contributed by atoms with E-state index in [0.717, 1.165) is 16.7 Å². The van der Waals surface area contributed by atoms with Gasteiger partial charge in [-0.2, -0.15) is 0 Å². The molecule has 1 aromatic rings. The van der Waals surface area contributed by atoms with E-state index < -0.39 is 17.2 Å². The molecule has 0 aliphatic heterocycles. The summed E-state index contributed by atoms with van der Waals surface area (Å²) in [5.74, 6) is 0.552. The zero-order valence-electron chi connectivity index (χ0n) is 14.2. The fourth-order valence-electron chi connectivity index (χ4n) is 2.14. The van der Waals surface area contributed by atoms with E-state index in [1.165, 1.54) is 0 Å². The second kappa shape index (κ2) is 7.09. The Morgan fingerprint density at radius 2 is 1.27 bits per heavy atom. The lowest BCUT2D eigenvalue weighted by molar-refractivity contribution is 0.324. The fourth-order valence-corrected chi connectivity index (χ4v) is 3.13. The van der Waals surface area contributed by atoms with Gasteiger partial charge in [-0.15, -0.1) is 0 Å². The average molecular weight is 348 g/mol. The topological polar surface area (TPSA) is 79.2 Å². The zero-order chi connectivity index (χ0) is 17.3. The van der Waals surface area contributed by atoms with Crippen LogP contribution in [-0.4, -0.2) is 14.7 Å². The molecule has 1 atom stereocenters. The highest BCUT2D eigenvalue weighted by molar-refractivity contribution is 7.54. The Kier molecular flexibility index (Phi) is 6.37. The van der Waals surface area contributed by atoms with Crippen molar-refractivity contribution in [1.29, 1.82) is 0 Å². The molecule has 0 heterocycles. The van der Waals surface area contributed by atoms with Gasteiger partial charge in [0.1, 0.15) is 5.75 Å². The standard InChI is InChI=1S/C15H26O5P2/c1-10-8-11(14(2,3)4)13(12(9-10)15(5,6)7)19-22(18)20-21(16)17/h8-9,16-18H,1-7H3. The van der Waals surface area contributed by atoms with E-state index in [1.54, 1.807) is 0 Å². The summed E-state index contributed by atoms with van der Waals surface area (Å²) < 4.78 is 10.2. The zero-order valence-corrected chi connectivity index (χ0v) is 16.0. The molecule has 0 fully saturated rings. The Labute approximate surface area is 135 Å². The highest BCUT2D eigenvalue weighted by atomic mass is 31.2. The summed E-state index contributed by atoms with van der Waals surface area (Å²) in [6.45, 7) is 14.4. The predicted octanol–water partition coefficient (Wildman–Crippen LogP) is 4.42. The van der Waals surface area contributed by atoms with Gasteiger partial charge in [0.05, 0.1) is 0 Å². The fraction of sp³-hybridized carbons (Fsp3) is 0.600. The van der Waals surface area contributed by atoms with E-state index in [0.29, 0.717) is 5.75 Å². The monoisotopic (exact) mass is 348 g/mol. The van der Waals surface area contributed by atoms with Crippen LogP contribution in [0.3, 0.4) is 0 Å². The summed E-state index contributed by atoms with van der Waals surface area (Å²) in [6.07, 6.45) is 0. The van der Waals surface area contributed by atoms with Crippen LogP contribution < -0.4 is 4.52 Å². The van der Waals surface area contributed by atoms with Gasteiger partial charge in [-0.25, -0.2) is 4.31 Å². The lowest BCUT2D eigenvalue weighted by Gasteiger charge is -2.30. The van der Waals surface area contributed by atoms with Crippen molar-refractivity contribution in [3.8, 4) is 5.75 Å². The minimum absolute atomic E-state index is 0.194. The molecule has 7 heteroatoms. The molecule has 0 spiro atoms. The third kappa shape index (κ3) is 5.42. The Balaban J connectivity index is 3.42. The van der Waals surface area contributed by atoms with Crippen LogP contribution in [0.5, 0.6) is 5.75 Å². The second-order valence-corrected chi connectivity index (χ2v) is 9.17. The minimum atomic E-state index is -2.66. The average Bonchev–Trinajstić information content (AvgIpc) is 2.26. The van der Waals surface area contributed by atoms with Crippen molar-refractivity contribution in [2.75, 3.05) is 0 Å². The van der Waals surface area contributed by atoms with Crippen LogP contribution in [-0.2, 0) is 15.1 Å². The Hall–Kier alpha value is -0.280. The number of rotatable bonds is 4. The van der Waals surface area contributed by atoms with Crippen molar-refractivity contribution in [3.63, 3.8) is 0 Å². The van der Waals surface area contributed by atoms with E-state index in [2.05, 4.69) is 45.9 Å². The SMILES string of the molecule is Cc1cc(C(C)(C)C)c(OP(O)OP(O)O)c(C(C)(C)C)c1. The molecule has 0 saturated heterocycles. The Morgan fingerprint density at radius 1 is 0.864 bits per heavy atom. The molecule has 1 rings (SSSR count). The second-order valence-electron chi connectivity index (χ2n) is 7.35. The molecule has 0 aliphatic rings.